The van der Waals surface area contributed by atoms with Gasteiger partial charge < -0.3 is 29.3 Å². The summed E-state index contributed by atoms with van der Waals surface area (Å²) in [7, 11) is -2.35. The number of aromatic nitrogens is 3. The second kappa shape index (κ2) is 10.4. The minimum absolute atomic E-state index is 0.0482. The highest BCUT2D eigenvalue weighted by Gasteiger charge is 2.52. The van der Waals surface area contributed by atoms with Gasteiger partial charge in [0, 0.05) is 36.2 Å². The van der Waals surface area contributed by atoms with Crippen LogP contribution in [0.2, 0.25) is 23.4 Å². The van der Waals surface area contributed by atoms with Crippen LogP contribution in [0.1, 0.15) is 44.9 Å². The van der Waals surface area contributed by atoms with Crippen LogP contribution in [-0.2, 0) is 9.16 Å². The van der Waals surface area contributed by atoms with Gasteiger partial charge >= 0.3 is 6.16 Å². The summed E-state index contributed by atoms with van der Waals surface area (Å²) in [4.78, 5) is 30.9. The monoisotopic (exact) mass is 587 g/mol. The summed E-state index contributed by atoms with van der Waals surface area (Å²) in [5.41, 5.74) is 4.94. The molecule has 212 valence electrons. The SMILES string of the molecule is C#C[C@]1(CO[Si](C)(C)C(C)(C)C)O[C@@H](n2ccc3c(N)nc(Cl)nc32)C[C@H]1c1cc([N+](=O)[O-])ccc1OC(=O)O. The van der Waals surface area contributed by atoms with E-state index in [1.54, 1.807) is 16.8 Å². The fraction of sp³-hybridized carbons (Fsp3) is 0.423. The van der Waals surface area contributed by atoms with Crippen LogP contribution in [0.25, 0.3) is 11.0 Å². The molecule has 3 heterocycles. The zero-order valence-electron chi connectivity index (χ0n) is 22.7. The Bertz CT molecular complexity index is 1530. The zero-order valence-corrected chi connectivity index (χ0v) is 24.4. The number of non-ortho nitro benzene ring substituents is 1. The Morgan fingerprint density at radius 3 is 2.70 bits per heavy atom. The predicted octanol–water partition coefficient (Wildman–Crippen LogP) is 5.73. The maximum absolute atomic E-state index is 11.7. The van der Waals surface area contributed by atoms with Crippen LogP contribution in [0.3, 0.4) is 0 Å². The molecular formula is C26H30ClN5O7Si. The molecule has 0 unspecified atom stereocenters. The molecular weight excluding hydrogens is 558 g/mol. The molecule has 12 nitrogen and oxygen atoms in total. The van der Waals surface area contributed by atoms with Crippen molar-refractivity contribution in [2.75, 3.05) is 12.3 Å². The van der Waals surface area contributed by atoms with Crippen molar-refractivity contribution in [1.82, 2.24) is 14.5 Å². The van der Waals surface area contributed by atoms with Gasteiger partial charge in [-0.25, -0.2) is 9.78 Å². The maximum Gasteiger partial charge on any atom is 0.511 e. The summed E-state index contributed by atoms with van der Waals surface area (Å²) in [6, 6.07) is 5.38. The summed E-state index contributed by atoms with van der Waals surface area (Å²) in [5, 5.41) is 21.4. The lowest BCUT2D eigenvalue weighted by Gasteiger charge is -2.40. The number of fused-ring (bicyclic) bond motifs is 1. The third-order valence-electron chi connectivity index (χ3n) is 7.71. The lowest BCUT2D eigenvalue weighted by molar-refractivity contribution is -0.385. The zero-order chi connectivity index (χ0) is 29.6. The number of hydrogen-bond acceptors (Lipinski definition) is 9. The molecule has 0 radical (unpaired) electrons. The van der Waals surface area contributed by atoms with Crippen molar-refractivity contribution >= 4 is 48.6 Å². The first-order valence-corrected chi connectivity index (χ1v) is 15.7. The summed E-state index contributed by atoms with van der Waals surface area (Å²) in [6.07, 6.45) is 5.71. The normalized spacial score (nSPS) is 21.3. The Morgan fingerprint density at radius 1 is 1.40 bits per heavy atom. The molecule has 0 aliphatic carbocycles. The number of nitro benzene ring substituents is 1. The van der Waals surface area contributed by atoms with Crippen LogP contribution in [0.4, 0.5) is 16.3 Å². The number of anilines is 1. The number of rotatable bonds is 7. The average Bonchev–Trinajstić information content (AvgIpc) is 3.44. The van der Waals surface area contributed by atoms with Crippen LogP contribution >= 0.6 is 11.6 Å². The van der Waals surface area contributed by atoms with Gasteiger partial charge in [-0.05, 0) is 41.9 Å². The van der Waals surface area contributed by atoms with E-state index >= 15 is 0 Å². The standard InChI is InChI=1S/C26H30ClN5O7Si/c1-7-26(14-37-40(5,6)25(2,3)4)18(17-12-15(32(35)36)8-9-19(17)38-24(33)34)13-20(39-26)31-11-10-16-21(28)29-23(27)30-22(16)31/h1,8-12,18,20H,13-14H2,2-6H3,(H,33,34)(H2,28,29,30)/t18-,20+,26+/m0/s1. The minimum Gasteiger partial charge on any atom is -0.449 e. The first-order valence-electron chi connectivity index (χ1n) is 12.4. The number of nitrogens with zero attached hydrogens (tertiary/aromatic N) is 4. The van der Waals surface area contributed by atoms with Gasteiger partial charge in [-0.2, -0.15) is 4.98 Å². The van der Waals surface area contributed by atoms with Crippen molar-refractivity contribution < 1.29 is 28.7 Å². The van der Waals surface area contributed by atoms with E-state index in [1.807, 2.05) is 0 Å². The topological polar surface area (TPSA) is 165 Å². The molecule has 1 aromatic carbocycles. The molecule has 0 amide bonds. The van der Waals surface area contributed by atoms with Crippen molar-refractivity contribution in [3.63, 3.8) is 0 Å². The van der Waals surface area contributed by atoms with E-state index in [0.29, 0.717) is 11.0 Å². The summed E-state index contributed by atoms with van der Waals surface area (Å²) < 4.78 is 19.8. The Kier molecular flexibility index (Phi) is 7.59. The number of ether oxygens (including phenoxy) is 2. The second-order valence-corrected chi connectivity index (χ2v) is 16.3. The van der Waals surface area contributed by atoms with E-state index < -0.39 is 37.1 Å². The van der Waals surface area contributed by atoms with Crippen molar-refractivity contribution in [1.29, 1.82) is 0 Å². The molecule has 1 saturated heterocycles. The number of halogens is 1. The molecule has 0 bridgehead atoms. The Labute approximate surface area is 236 Å². The molecule has 1 fully saturated rings. The molecule has 1 aliphatic rings. The average molecular weight is 588 g/mol. The molecule has 2 aromatic heterocycles. The van der Waals surface area contributed by atoms with E-state index in [1.165, 1.54) is 18.2 Å². The number of terminal acetylenes is 1. The molecule has 3 aromatic rings. The first-order chi connectivity index (χ1) is 18.6. The predicted molar refractivity (Wildman–Crippen MR) is 151 cm³/mol. The molecule has 14 heteroatoms. The highest BCUT2D eigenvalue weighted by Crippen LogP contribution is 2.52. The van der Waals surface area contributed by atoms with E-state index in [4.69, 9.17) is 37.7 Å². The van der Waals surface area contributed by atoms with Gasteiger partial charge in [0.15, 0.2) is 13.9 Å². The number of nitrogens with two attached hydrogens (primary N) is 1. The van der Waals surface area contributed by atoms with E-state index in [9.17, 15) is 20.0 Å². The molecule has 3 N–H and O–H groups in total. The third kappa shape index (κ3) is 5.35. The van der Waals surface area contributed by atoms with Gasteiger partial charge in [0.25, 0.3) is 5.69 Å². The Hall–Kier alpha value is -3.70. The number of carboxylic acid groups (broad SMARTS) is 1. The highest BCUT2D eigenvalue weighted by molar-refractivity contribution is 6.74. The molecule has 0 saturated carbocycles. The van der Waals surface area contributed by atoms with Gasteiger partial charge in [0.1, 0.15) is 23.4 Å². The fourth-order valence-electron chi connectivity index (χ4n) is 4.50. The minimum atomic E-state index is -2.35. The lowest BCUT2D eigenvalue weighted by atomic mass is 9.82. The van der Waals surface area contributed by atoms with Crippen molar-refractivity contribution in [2.24, 2.45) is 0 Å². The molecule has 4 rings (SSSR count). The number of carbonyl (C=O) groups is 1. The van der Waals surface area contributed by atoms with Crippen molar-refractivity contribution in [3.05, 3.63) is 51.4 Å². The number of nitrogen functional groups attached to an aromatic ring is 1. The summed E-state index contributed by atoms with van der Waals surface area (Å²) in [6.45, 7) is 10.3. The van der Waals surface area contributed by atoms with Crippen LogP contribution in [0, 0.1) is 22.5 Å². The third-order valence-corrected chi connectivity index (χ3v) is 12.4. The number of benzene rings is 1. The Morgan fingerprint density at radius 2 is 2.10 bits per heavy atom. The highest BCUT2D eigenvalue weighted by atomic mass is 35.5. The van der Waals surface area contributed by atoms with Crippen molar-refractivity contribution in [3.8, 4) is 18.1 Å². The quantitative estimate of drug-likeness (QED) is 0.0663. The van der Waals surface area contributed by atoms with Gasteiger partial charge in [0.05, 0.1) is 16.9 Å². The lowest BCUT2D eigenvalue weighted by Crippen LogP contribution is -2.47. The van der Waals surface area contributed by atoms with E-state index in [-0.39, 0.29) is 46.2 Å². The molecule has 1 aliphatic heterocycles. The fourth-order valence-corrected chi connectivity index (χ4v) is 5.68. The largest absolute Gasteiger partial charge is 0.511 e. The first kappa shape index (κ1) is 29.3. The van der Waals surface area contributed by atoms with E-state index in [0.717, 1.165) is 0 Å². The van der Waals surface area contributed by atoms with Gasteiger partial charge in [-0.1, -0.05) is 26.7 Å². The maximum atomic E-state index is 11.7. The van der Waals surface area contributed by atoms with Gasteiger partial charge in [-0.15, -0.1) is 6.42 Å². The van der Waals surface area contributed by atoms with Gasteiger partial charge in [0.2, 0.25) is 5.28 Å². The van der Waals surface area contributed by atoms with Gasteiger partial charge in [-0.3, -0.25) is 10.1 Å². The second-order valence-electron chi connectivity index (χ2n) is 11.1. The number of hydrogen-bond donors (Lipinski definition) is 2. The van der Waals surface area contributed by atoms with E-state index in [2.05, 4.69) is 49.8 Å². The molecule has 0 spiro atoms. The Balaban J connectivity index is 1.88. The molecule has 40 heavy (non-hydrogen) atoms. The van der Waals surface area contributed by atoms with Crippen LogP contribution in [0.15, 0.2) is 30.5 Å². The number of nitro groups is 1. The summed E-state index contributed by atoms with van der Waals surface area (Å²) >= 11 is 6.09. The molecule has 3 atom stereocenters. The van der Waals surface area contributed by atoms with Crippen LogP contribution in [-0.4, -0.2) is 51.2 Å². The summed E-state index contributed by atoms with van der Waals surface area (Å²) in [5.74, 6) is 2.07. The van der Waals surface area contributed by atoms with Crippen LogP contribution in [0.5, 0.6) is 5.75 Å². The van der Waals surface area contributed by atoms with Crippen LogP contribution < -0.4 is 10.5 Å². The smallest absolute Gasteiger partial charge is 0.449 e. The van der Waals surface area contributed by atoms with Crippen molar-refractivity contribution in [2.45, 2.75) is 63.1 Å².